The summed E-state index contributed by atoms with van der Waals surface area (Å²) in [6, 6.07) is 9.67. The SMILES string of the molecule is COC(=O)COc1cc(Oc2ccc(Cl)cc2Cl)ccc1Cl. The summed E-state index contributed by atoms with van der Waals surface area (Å²) in [6.45, 7) is -0.249. The van der Waals surface area contributed by atoms with Gasteiger partial charge in [0.2, 0.25) is 0 Å². The van der Waals surface area contributed by atoms with Gasteiger partial charge in [-0.15, -0.1) is 0 Å². The van der Waals surface area contributed by atoms with Crippen molar-refractivity contribution in [1.29, 1.82) is 0 Å². The van der Waals surface area contributed by atoms with E-state index in [1.54, 1.807) is 36.4 Å². The van der Waals surface area contributed by atoms with E-state index in [0.29, 0.717) is 32.3 Å². The molecule has 4 nitrogen and oxygen atoms in total. The van der Waals surface area contributed by atoms with E-state index in [9.17, 15) is 4.79 Å². The average Bonchev–Trinajstić information content (AvgIpc) is 2.50. The van der Waals surface area contributed by atoms with E-state index >= 15 is 0 Å². The Bertz CT molecular complexity index is 688. The Morgan fingerprint density at radius 3 is 2.45 bits per heavy atom. The fourth-order valence-electron chi connectivity index (χ4n) is 1.54. The summed E-state index contributed by atoms with van der Waals surface area (Å²) >= 11 is 17.9. The molecule has 22 heavy (non-hydrogen) atoms. The molecule has 0 spiro atoms. The molecule has 0 fully saturated rings. The molecular formula is C15H11Cl3O4. The second-order valence-corrected chi connectivity index (χ2v) is 5.38. The molecule has 0 aliphatic carbocycles. The largest absolute Gasteiger partial charge is 0.480 e. The fourth-order valence-corrected chi connectivity index (χ4v) is 2.16. The van der Waals surface area contributed by atoms with Crippen molar-refractivity contribution in [3.8, 4) is 17.2 Å². The minimum Gasteiger partial charge on any atom is -0.480 e. The number of halogens is 3. The van der Waals surface area contributed by atoms with E-state index in [1.807, 2.05) is 0 Å². The third-order valence-corrected chi connectivity index (χ3v) is 3.44. The van der Waals surface area contributed by atoms with Crippen molar-refractivity contribution in [2.24, 2.45) is 0 Å². The highest BCUT2D eigenvalue weighted by Crippen LogP contribution is 2.35. The zero-order valence-corrected chi connectivity index (χ0v) is 13.7. The molecule has 0 atom stereocenters. The van der Waals surface area contributed by atoms with Gasteiger partial charge >= 0.3 is 5.97 Å². The van der Waals surface area contributed by atoms with E-state index in [4.69, 9.17) is 44.3 Å². The molecule has 0 saturated heterocycles. The number of methoxy groups -OCH3 is 1. The Kier molecular flexibility index (Phi) is 5.77. The Hall–Kier alpha value is -1.62. The maximum absolute atomic E-state index is 11.1. The molecule has 0 amide bonds. The zero-order valence-electron chi connectivity index (χ0n) is 11.4. The van der Waals surface area contributed by atoms with Crippen LogP contribution in [0.2, 0.25) is 15.1 Å². The number of rotatable bonds is 5. The van der Waals surface area contributed by atoms with Crippen molar-refractivity contribution < 1.29 is 19.0 Å². The molecule has 0 aromatic heterocycles. The van der Waals surface area contributed by atoms with Crippen LogP contribution in [0.25, 0.3) is 0 Å². The highest BCUT2D eigenvalue weighted by Gasteiger charge is 2.09. The van der Waals surface area contributed by atoms with Crippen molar-refractivity contribution in [3.63, 3.8) is 0 Å². The summed E-state index contributed by atoms with van der Waals surface area (Å²) in [6.07, 6.45) is 0. The van der Waals surface area contributed by atoms with E-state index in [-0.39, 0.29) is 6.61 Å². The summed E-state index contributed by atoms with van der Waals surface area (Å²) in [5, 5.41) is 1.23. The molecule has 0 bridgehead atoms. The highest BCUT2D eigenvalue weighted by atomic mass is 35.5. The smallest absolute Gasteiger partial charge is 0.343 e. The van der Waals surface area contributed by atoms with Crippen LogP contribution in [0.15, 0.2) is 36.4 Å². The predicted octanol–water partition coefficient (Wildman–Crippen LogP) is 4.99. The third-order valence-electron chi connectivity index (χ3n) is 2.60. The first-order chi connectivity index (χ1) is 10.5. The molecule has 0 N–H and O–H groups in total. The number of benzene rings is 2. The number of hydrogen-bond acceptors (Lipinski definition) is 4. The maximum atomic E-state index is 11.1. The van der Waals surface area contributed by atoms with Crippen molar-refractivity contribution in [1.82, 2.24) is 0 Å². The van der Waals surface area contributed by atoms with Crippen molar-refractivity contribution in [2.75, 3.05) is 13.7 Å². The first-order valence-electron chi connectivity index (χ1n) is 6.11. The molecule has 2 aromatic carbocycles. The zero-order chi connectivity index (χ0) is 16.1. The standard InChI is InChI=1S/C15H11Cl3O4/c1-20-15(19)8-21-14-7-10(3-4-11(14)17)22-13-5-2-9(16)6-12(13)18/h2-7H,8H2,1H3. The van der Waals surface area contributed by atoms with Crippen LogP contribution in [0.1, 0.15) is 0 Å². The molecule has 0 radical (unpaired) electrons. The molecule has 0 heterocycles. The molecule has 116 valence electrons. The molecular weight excluding hydrogens is 351 g/mol. The Morgan fingerprint density at radius 2 is 1.77 bits per heavy atom. The Labute approximate surface area is 142 Å². The van der Waals surface area contributed by atoms with Gasteiger partial charge in [0.15, 0.2) is 6.61 Å². The third kappa shape index (κ3) is 4.44. The van der Waals surface area contributed by atoms with Crippen LogP contribution in [0.3, 0.4) is 0 Å². The summed E-state index contributed by atoms with van der Waals surface area (Å²) in [7, 11) is 1.27. The molecule has 2 aromatic rings. The quantitative estimate of drug-likeness (QED) is 0.704. The van der Waals surface area contributed by atoms with E-state index in [2.05, 4.69) is 4.74 Å². The highest BCUT2D eigenvalue weighted by molar-refractivity contribution is 6.35. The van der Waals surface area contributed by atoms with Crippen molar-refractivity contribution in [3.05, 3.63) is 51.5 Å². The van der Waals surface area contributed by atoms with E-state index in [0.717, 1.165) is 0 Å². The molecule has 0 saturated carbocycles. The lowest BCUT2D eigenvalue weighted by Gasteiger charge is -2.11. The van der Waals surface area contributed by atoms with Gasteiger partial charge < -0.3 is 14.2 Å². The van der Waals surface area contributed by atoms with Gasteiger partial charge in [-0.2, -0.15) is 0 Å². The molecule has 0 unspecified atom stereocenters. The fraction of sp³-hybridized carbons (Fsp3) is 0.133. The first kappa shape index (κ1) is 16.7. The summed E-state index contributed by atoms with van der Waals surface area (Å²) in [5.74, 6) is 0.679. The second kappa shape index (κ2) is 7.58. The summed E-state index contributed by atoms with van der Waals surface area (Å²) < 4.78 is 15.4. The summed E-state index contributed by atoms with van der Waals surface area (Å²) in [4.78, 5) is 11.1. The van der Waals surface area contributed by atoms with Crippen LogP contribution in [0.4, 0.5) is 0 Å². The predicted molar refractivity (Wildman–Crippen MR) is 85.5 cm³/mol. The topological polar surface area (TPSA) is 44.8 Å². The number of hydrogen-bond donors (Lipinski definition) is 0. The Morgan fingerprint density at radius 1 is 1.00 bits per heavy atom. The van der Waals surface area contributed by atoms with Crippen LogP contribution in [-0.4, -0.2) is 19.7 Å². The lowest BCUT2D eigenvalue weighted by atomic mass is 10.3. The van der Waals surface area contributed by atoms with E-state index in [1.165, 1.54) is 7.11 Å². The minimum absolute atomic E-state index is 0.249. The lowest BCUT2D eigenvalue weighted by molar-refractivity contribution is -0.142. The van der Waals surface area contributed by atoms with Gasteiger partial charge in [0, 0.05) is 11.1 Å². The minimum atomic E-state index is -0.511. The summed E-state index contributed by atoms with van der Waals surface area (Å²) in [5.41, 5.74) is 0. The monoisotopic (exact) mass is 360 g/mol. The molecule has 7 heteroatoms. The van der Waals surface area contributed by atoms with Crippen LogP contribution in [0.5, 0.6) is 17.2 Å². The van der Waals surface area contributed by atoms with Gasteiger partial charge in [0.25, 0.3) is 0 Å². The van der Waals surface area contributed by atoms with Crippen LogP contribution in [-0.2, 0) is 9.53 Å². The normalized spacial score (nSPS) is 10.2. The lowest BCUT2D eigenvalue weighted by Crippen LogP contribution is -2.12. The molecule has 0 aliphatic heterocycles. The number of carbonyl (C=O) groups excluding carboxylic acids is 1. The Balaban J connectivity index is 2.16. The number of carbonyl (C=O) groups is 1. The van der Waals surface area contributed by atoms with Gasteiger partial charge in [0.05, 0.1) is 17.2 Å². The van der Waals surface area contributed by atoms with Crippen molar-refractivity contribution in [2.45, 2.75) is 0 Å². The first-order valence-corrected chi connectivity index (χ1v) is 7.25. The number of esters is 1. The van der Waals surface area contributed by atoms with Gasteiger partial charge in [-0.05, 0) is 30.3 Å². The molecule has 0 aliphatic rings. The van der Waals surface area contributed by atoms with E-state index < -0.39 is 5.97 Å². The maximum Gasteiger partial charge on any atom is 0.343 e. The average molecular weight is 362 g/mol. The van der Waals surface area contributed by atoms with Gasteiger partial charge in [-0.1, -0.05) is 34.8 Å². The molecule has 2 rings (SSSR count). The van der Waals surface area contributed by atoms with Gasteiger partial charge in [-0.25, -0.2) is 4.79 Å². The van der Waals surface area contributed by atoms with Crippen LogP contribution >= 0.6 is 34.8 Å². The van der Waals surface area contributed by atoms with Gasteiger partial charge in [0.1, 0.15) is 17.2 Å². The van der Waals surface area contributed by atoms with Crippen LogP contribution in [0, 0.1) is 0 Å². The van der Waals surface area contributed by atoms with Gasteiger partial charge in [-0.3, -0.25) is 0 Å². The van der Waals surface area contributed by atoms with Crippen molar-refractivity contribution >= 4 is 40.8 Å². The second-order valence-electron chi connectivity index (χ2n) is 4.13. The van der Waals surface area contributed by atoms with Crippen LogP contribution < -0.4 is 9.47 Å². The number of ether oxygens (including phenoxy) is 3.